The summed E-state index contributed by atoms with van der Waals surface area (Å²) < 4.78 is 5.10. The minimum absolute atomic E-state index is 0.0412. The third-order valence-electron chi connectivity index (χ3n) is 4.11. The van der Waals surface area contributed by atoms with Crippen LogP contribution in [0.1, 0.15) is 32.3 Å². The monoisotopic (exact) mass is 370 g/mol. The van der Waals surface area contributed by atoms with Crippen molar-refractivity contribution in [2.75, 3.05) is 6.61 Å². The number of Topliss-reactive ketones (excluding diaryl/α,β-unsaturated/α-hetero) is 1. The molecule has 0 aromatic heterocycles. The number of ether oxygens (including phenoxy) is 1. The zero-order chi connectivity index (χ0) is 20.1. The molecular weight excluding hydrogens is 352 g/mol. The lowest BCUT2D eigenvalue weighted by Gasteiger charge is -2.29. The Morgan fingerprint density at radius 3 is 2.48 bits per heavy atom. The number of esters is 1. The first-order valence-corrected chi connectivity index (χ1v) is 8.11. The van der Waals surface area contributed by atoms with E-state index in [2.05, 4.69) is 5.32 Å². The number of aliphatic hydroxyl groups excluding tert-OH is 1. The summed E-state index contributed by atoms with van der Waals surface area (Å²) in [7, 11) is 0. The van der Waals surface area contributed by atoms with E-state index in [1.807, 2.05) is 5.92 Å². The molecule has 2 rings (SSSR count). The number of nitrogens with one attached hydrogen (secondary N) is 1. The zero-order valence-electron chi connectivity index (χ0n) is 15.0. The van der Waals surface area contributed by atoms with E-state index in [0.29, 0.717) is 11.4 Å². The summed E-state index contributed by atoms with van der Waals surface area (Å²) >= 11 is 0. The quantitative estimate of drug-likeness (QED) is 0.353. The second-order valence-corrected chi connectivity index (χ2v) is 5.74. The first kappa shape index (κ1) is 19.7. The number of nitro groups is 1. The molecule has 0 aliphatic carbocycles. The van der Waals surface area contributed by atoms with Crippen LogP contribution in [-0.4, -0.2) is 28.4 Å². The largest absolute Gasteiger partial charge is 0.463 e. The first-order valence-electron chi connectivity index (χ1n) is 8.11. The van der Waals surface area contributed by atoms with Crippen molar-refractivity contribution in [2.24, 2.45) is 0 Å². The number of hydrogen-bond acceptors (Lipinski definition) is 7. The number of benzene rings is 1. The molecule has 1 aromatic carbocycles. The molecule has 0 fully saturated rings. The van der Waals surface area contributed by atoms with Crippen LogP contribution in [0.25, 0.3) is 0 Å². The second kappa shape index (κ2) is 8.19. The summed E-state index contributed by atoms with van der Waals surface area (Å²) in [5.74, 6) is -0.475. The number of nitro benzene ring substituents is 1. The van der Waals surface area contributed by atoms with Gasteiger partial charge in [-0.05, 0) is 20.8 Å². The van der Waals surface area contributed by atoms with Crippen molar-refractivity contribution in [1.29, 1.82) is 0 Å². The molecule has 0 spiro atoms. The number of hydrogen-bond donors (Lipinski definition) is 2. The Kier molecular flexibility index (Phi) is 5.98. The van der Waals surface area contributed by atoms with Crippen LogP contribution in [-0.2, 0) is 14.3 Å². The molecule has 1 aliphatic heterocycles. The number of dihydropyridines is 1. The van der Waals surface area contributed by atoms with Gasteiger partial charge in [-0.15, -0.1) is 0 Å². The van der Waals surface area contributed by atoms with Crippen LogP contribution in [0.3, 0.4) is 0 Å². The third-order valence-corrected chi connectivity index (χ3v) is 4.11. The fraction of sp³-hybridized carbons (Fsp3) is 0.263. The summed E-state index contributed by atoms with van der Waals surface area (Å²) in [6.07, 6.45) is 1.55. The molecule has 8 heteroatoms. The predicted molar refractivity (Wildman–Crippen MR) is 95.7 cm³/mol. The fourth-order valence-electron chi connectivity index (χ4n) is 3.10. The maximum atomic E-state index is 12.6. The van der Waals surface area contributed by atoms with Crippen LogP contribution in [0.15, 0.2) is 46.8 Å². The standard InChI is InChI=1S/C19H18N2O6/c1-4-27-19(24)17-12(3)20-11(2)16(15(23)9-10-22)18(17)13-7-5-6-8-14(13)21(25)26/h5-8,18,20,22H,4H2,1-3H3. The zero-order valence-corrected chi connectivity index (χ0v) is 15.0. The highest BCUT2D eigenvalue weighted by Crippen LogP contribution is 2.42. The molecule has 1 heterocycles. The van der Waals surface area contributed by atoms with Gasteiger partial charge >= 0.3 is 5.97 Å². The van der Waals surface area contributed by atoms with E-state index in [4.69, 9.17) is 9.84 Å². The number of para-hydroxylation sites is 1. The number of nitrogens with zero attached hydrogens (tertiary/aromatic N) is 1. The van der Waals surface area contributed by atoms with Crippen molar-refractivity contribution in [3.63, 3.8) is 0 Å². The van der Waals surface area contributed by atoms with Crippen molar-refractivity contribution in [3.8, 4) is 12.0 Å². The van der Waals surface area contributed by atoms with Gasteiger partial charge in [0.25, 0.3) is 5.69 Å². The van der Waals surface area contributed by atoms with Crippen molar-refractivity contribution in [1.82, 2.24) is 5.32 Å². The second-order valence-electron chi connectivity index (χ2n) is 5.74. The number of ketones is 1. The molecular formula is C19H18N2O6. The molecule has 0 amide bonds. The molecule has 1 atom stereocenters. The van der Waals surface area contributed by atoms with Gasteiger partial charge in [-0.25, -0.2) is 4.79 Å². The average molecular weight is 370 g/mol. The number of rotatable bonds is 5. The number of aliphatic hydroxyl groups is 1. The minimum atomic E-state index is -1.06. The van der Waals surface area contributed by atoms with E-state index < -0.39 is 22.6 Å². The fourth-order valence-corrected chi connectivity index (χ4v) is 3.10. The van der Waals surface area contributed by atoms with Crippen LogP contribution < -0.4 is 5.32 Å². The van der Waals surface area contributed by atoms with Gasteiger partial charge in [-0.2, -0.15) is 0 Å². The highest BCUT2D eigenvalue weighted by Gasteiger charge is 2.39. The number of carbonyl (C=O) groups excluding carboxylic acids is 2. The van der Waals surface area contributed by atoms with E-state index in [1.54, 1.807) is 32.9 Å². The van der Waals surface area contributed by atoms with Gasteiger partial charge in [0.15, 0.2) is 0 Å². The van der Waals surface area contributed by atoms with Crippen LogP contribution in [0.5, 0.6) is 0 Å². The molecule has 27 heavy (non-hydrogen) atoms. The lowest BCUT2D eigenvalue weighted by Crippen LogP contribution is -2.32. The lowest BCUT2D eigenvalue weighted by atomic mass is 9.78. The minimum Gasteiger partial charge on any atom is -0.463 e. The maximum absolute atomic E-state index is 12.6. The first-order chi connectivity index (χ1) is 12.8. The molecule has 1 unspecified atom stereocenters. The predicted octanol–water partition coefficient (Wildman–Crippen LogP) is 2.30. The molecule has 0 bridgehead atoms. The highest BCUT2D eigenvalue weighted by atomic mass is 16.6. The van der Waals surface area contributed by atoms with Crippen LogP contribution >= 0.6 is 0 Å². The summed E-state index contributed by atoms with van der Waals surface area (Å²) in [5, 5.41) is 23.3. The molecule has 140 valence electrons. The molecule has 0 radical (unpaired) electrons. The van der Waals surface area contributed by atoms with Gasteiger partial charge in [0, 0.05) is 34.5 Å². The van der Waals surface area contributed by atoms with E-state index in [0.717, 1.165) is 0 Å². The molecule has 1 aromatic rings. The molecule has 2 N–H and O–H groups in total. The van der Waals surface area contributed by atoms with Crippen molar-refractivity contribution in [3.05, 3.63) is 62.5 Å². The highest BCUT2D eigenvalue weighted by molar-refractivity contribution is 6.12. The summed E-state index contributed by atoms with van der Waals surface area (Å²) in [6.45, 7) is 4.95. The third kappa shape index (κ3) is 3.82. The summed E-state index contributed by atoms with van der Waals surface area (Å²) in [6, 6.07) is 5.85. The van der Waals surface area contributed by atoms with Crippen LogP contribution in [0.4, 0.5) is 5.69 Å². The Morgan fingerprint density at radius 2 is 1.89 bits per heavy atom. The number of allylic oxidation sites excluding steroid dienone is 3. The smallest absolute Gasteiger partial charge is 0.336 e. The lowest BCUT2D eigenvalue weighted by molar-refractivity contribution is -0.385. The molecule has 1 aliphatic rings. The number of carbonyl (C=O) groups is 2. The van der Waals surface area contributed by atoms with Gasteiger partial charge in [-0.1, -0.05) is 18.2 Å². The van der Waals surface area contributed by atoms with Gasteiger partial charge in [-0.3, -0.25) is 14.9 Å². The van der Waals surface area contributed by atoms with E-state index in [1.165, 1.54) is 18.2 Å². The van der Waals surface area contributed by atoms with Gasteiger partial charge in [0.05, 0.1) is 23.0 Å². The van der Waals surface area contributed by atoms with Gasteiger partial charge in [0.1, 0.15) is 6.11 Å². The Bertz CT molecular complexity index is 933. The Labute approximate surface area is 155 Å². The molecule has 8 nitrogen and oxygen atoms in total. The Balaban J connectivity index is 2.81. The Hall–Kier alpha value is -3.60. The van der Waals surface area contributed by atoms with Crippen molar-refractivity contribution in [2.45, 2.75) is 26.7 Å². The van der Waals surface area contributed by atoms with E-state index in [9.17, 15) is 19.7 Å². The topological polar surface area (TPSA) is 119 Å². The normalized spacial score (nSPS) is 16.2. The molecule has 0 saturated heterocycles. The van der Waals surface area contributed by atoms with Crippen molar-refractivity contribution >= 4 is 17.4 Å². The summed E-state index contributed by atoms with van der Waals surface area (Å²) in [5.41, 5.74) is 0.848. The van der Waals surface area contributed by atoms with E-state index in [-0.39, 0.29) is 29.0 Å². The maximum Gasteiger partial charge on any atom is 0.336 e. The van der Waals surface area contributed by atoms with Crippen LogP contribution in [0.2, 0.25) is 0 Å². The van der Waals surface area contributed by atoms with Crippen LogP contribution in [0, 0.1) is 22.1 Å². The average Bonchev–Trinajstić information content (AvgIpc) is 2.61. The molecule has 0 saturated carbocycles. The SMILES string of the molecule is CCOC(=O)C1=C(C)NC(C)=C(C(=O)C#CO)C1c1ccccc1[N+](=O)[O-]. The van der Waals surface area contributed by atoms with E-state index >= 15 is 0 Å². The van der Waals surface area contributed by atoms with Crippen molar-refractivity contribution < 1.29 is 24.4 Å². The Morgan fingerprint density at radius 1 is 1.26 bits per heavy atom. The van der Waals surface area contributed by atoms with Gasteiger partial charge in [0.2, 0.25) is 5.78 Å². The van der Waals surface area contributed by atoms with Gasteiger partial charge < -0.3 is 15.2 Å². The summed E-state index contributed by atoms with van der Waals surface area (Å²) in [4.78, 5) is 36.1.